The van der Waals surface area contributed by atoms with Gasteiger partial charge in [-0.15, -0.1) is 5.10 Å². The third kappa shape index (κ3) is 3.28. The standard InChI is InChI=1S/C11H10N4O5/c16-11(17)10-7-14(13-12-10)5-6-20-9-3-1-8(2-4-9)15(18)19/h1-4,7H,5-6H2,(H,16,17). The van der Waals surface area contributed by atoms with Gasteiger partial charge in [-0.2, -0.15) is 0 Å². The summed E-state index contributed by atoms with van der Waals surface area (Å²) in [6.45, 7) is 0.553. The summed E-state index contributed by atoms with van der Waals surface area (Å²) in [7, 11) is 0. The van der Waals surface area contributed by atoms with Crippen molar-refractivity contribution in [3.05, 3.63) is 46.3 Å². The van der Waals surface area contributed by atoms with Crippen LogP contribution >= 0.6 is 0 Å². The van der Waals surface area contributed by atoms with Crippen LogP contribution in [-0.4, -0.2) is 37.6 Å². The van der Waals surface area contributed by atoms with Gasteiger partial charge < -0.3 is 9.84 Å². The van der Waals surface area contributed by atoms with Crippen LogP contribution in [0, 0.1) is 10.1 Å². The molecule has 1 N–H and O–H groups in total. The van der Waals surface area contributed by atoms with Crippen molar-refractivity contribution in [2.24, 2.45) is 0 Å². The Bertz CT molecular complexity index is 622. The maximum atomic E-state index is 10.6. The van der Waals surface area contributed by atoms with Crippen molar-refractivity contribution in [2.75, 3.05) is 6.61 Å². The molecule has 0 aliphatic rings. The molecule has 0 bridgehead atoms. The highest BCUT2D eigenvalue weighted by Crippen LogP contribution is 2.17. The molecular formula is C11H10N4O5. The number of aromatic nitrogens is 3. The van der Waals surface area contributed by atoms with Gasteiger partial charge in [-0.05, 0) is 12.1 Å². The molecule has 1 heterocycles. The number of aromatic carboxylic acids is 1. The molecule has 0 amide bonds. The predicted octanol–water partition coefficient (Wildman–Crippen LogP) is 0.963. The van der Waals surface area contributed by atoms with E-state index in [4.69, 9.17) is 9.84 Å². The van der Waals surface area contributed by atoms with Crippen molar-refractivity contribution in [1.29, 1.82) is 0 Å². The Morgan fingerprint density at radius 3 is 2.65 bits per heavy atom. The SMILES string of the molecule is O=C(O)c1cn(CCOc2ccc([N+](=O)[O-])cc2)nn1. The minimum atomic E-state index is -1.15. The van der Waals surface area contributed by atoms with Gasteiger partial charge in [0.2, 0.25) is 0 Å². The zero-order chi connectivity index (χ0) is 14.5. The first kappa shape index (κ1) is 13.5. The fourth-order valence-corrected chi connectivity index (χ4v) is 1.43. The summed E-state index contributed by atoms with van der Waals surface area (Å²) in [5.41, 5.74) is -0.153. The predicted molar refractivity (Wildman–Crippen MR) is 65.6 cm³/mol. The van der Waals surface area contributed by atoms with Crippen LogP contribution in [0.3, 0.4) is 0 Å². The van der Waals surface area contributed by atoms with E-state index in [2.05, 4.69) is 10.3 Å². The molecule has 0 saturated heterocycles. The van der Waals surface area contributed by atoms with Gasteiger partial charge in [0.25, 0.3) is 5.69 Å². The summed E-state index contributed by atoms with van der Waals surface area (Å²) in [6, 6.07) is 5.66. The lowest BCUT2D eigenvalue weighted by molar-refractivity contribution is -0.384. The number of carbonyl (C=O) groups is 1. The molecule has 1 aromatic heterocycles. The molecule has 0 atom stereocenters. The van der Waals surface area contributed by atoms with Crippen LogP contribution in [0.25, 0.3) is 0 Å². The second kappa shape index (κ2) is 5.78. The summed E-state index contributed by atoms with van der Waals surface area (Å²) in [4.78, 5) is 20.6. The number of rotatable bonds is 6. The Kier molecular flexibility index (Phi) is 3.89. The van der Waals surface area contributed by atoms with E-state index >= 15 is 0 Å². The van der Waals surface area contributed by atoms with Crippen LogP contribution in [0.1, 0.15) is 10.5 Å². The minimum Gasteiger partial charge on any atom is -0.492 e. The molecule has 1 aromatic carbocycles. The Morgan fingerprint density at radius 2 is 2.10 bits per heavy atom. The fourth-order valence-electron chi connectivity index (χ4n) is 1.43. The molecule has 2 aromatic rings. The quantitative estimate of drug-likeness (QED) is 0.617. The highest BCUT2D eigenvalue weighted by Gasteiger charge is 2.08. The summed E-state index contributed by atoms with van der Waals surface area (Å²) in [5, 5.41) is 26.2. The number of non-ortho nitro benzene ring substituents is 1. The summed E-state index contributed by atoms with van der Waals surface area (Å²) in [6.07, 6.45) is 1.29. The lowest BCUT2D eigenvalue weighted by atomic mass is 10.3. The molecule has 2 rings (SSSR count). The number of ether oxygens (including phenoxy) is 1. The molecule has 9 heteroatoms. The zero-order valence-electron chi connectivity index (χ0n) is 10.2. The minimum absolute atomic E-state index is 0.0141. The van der Waals surface area contributed by atoms with Crippen LogP contribution in [-0.2, 0) is 6.54 Å². The molecule has 9 nitrogen and oxygen atoms in total. The van der Waals surface area contributed by atoms with Crippen molar-refractivity contribution >= 4 is 11.7 Å². The Balaban J connectivity index is 1.85. The summed E-state index contributed by atoms with van der Waals surface area (Å²) < 4.78 is 6.70. The molecule has 20 heavy (non-hydrogen) atoms. The second-order valence-electron chi connectivity index (χ2n) is 3.77. The van der Waals surface area contributed by atoms with Crippen LogP contribution in [0.15, 0.2) is 30.5 Å². The van der Waals surface area contributed by atoms with Crippen molar-refractivity contribution in [1.82, 2.24) is 15.0 Å². The van der Waals surface area contributed by atoms with Gasteiger partial charge in [0.05, 0.1) is 17.7 Å². The topological polar surface area (TPSA) is 120 Å². The normalized spacial score (nSPS) is 10.2. The van der Waals surface area contributed by atoms with Gasteiger partial charge >= 0.3 is 5.97 Å². The van der Waals surface area contributed by atoms with Gasteiger partial charge in [-0.3, -0.25) is 10.1 Å². The van der Waals surface area contributed by atoms with E-state index in [1.165, 1.54) is 35.1 Å². The fraction of sp³-hybridized carbons (Fsp3) is 0.182. The van der Waals surface area contributed by atoms with E-state index in [-0.39, 0.29) is 18.0 Å². The molecule has 0 unspecified atom stereocenters. The summed E-state index contributed by atoms with van der Waals surface area (Å²) in [5.74, 6) is -0.665. The maximum absolute atomic E-state index is 10.6. The Labute approximate surface area is 112 Å². The number of hydrogen-bond donors (Lipinski definition) is 1. The molecule has 0 saturated carbocycles. The van der Waals surface area contributed by atoms with Crippen molar-refractivity contribution < 1.29 is 19.6 Å². The number of benzene rings is 1. The van der Waals surface area contributed by atoms with E-state index in [1.807, 2.05) is 0 Å². The first-order chi connectivity index (χ1) is 9.56. The average Bonchev–Trinajstić information content (AvgIpc) is 2.88. The number of carboxylic acids is 1. The third-order valence-corrected chi connectivity index (χ3v) is 2.39. The van der Waals surface area contributed by atoms with E-state index in [0.717, 1.165) is 0 Å². The van der Waals surface area contributed by atoms with Gasteiger partial charge in [0.15, 0.2) is 5.69 Å². The van der Waals surface area contributed by atoms with E-state index < -0.39 is 10.9 Å². The largest absolute Gasteiger partial charge is 0.492 e. The number of carboxylic acid groups (broad SMARTS) is 1. The average molecular weight is 278 g/mol. The second-order valence-corrected chi connectivity index (χ2v) is 3.77. The van der Waals surface area contributed by atoms with Gasteiger partial charge in [0.1, 0.15) is 12.4 Å². The lowest BCUT2D eigenvalue weighted by Crippen LogP contribution is -2.08. The molecule has 0 aliphatic carbocycles. The summed E-state index contributed by atoms with van der Waals surface area (Å²) >= 11 is 0. The maximum Gasteiger partial charge on any atom is 0.358 e. The molecule has 0 radical (unpaired) electrons. The lowest BCUT2D eigenvalue weighted by Gasteiger charge is -2.05. The highest BCUT2D eigenvalue weighted by atomic mass is 16.6. The highest BCUT2D eigenvalue weighted by molar-refractivity contribution is 5.84. The van der Waals surface area contributed by atoms with Crippen LogP contribution in [0.5, 0.6) is 5.75 Å². The van der Waals surface area contributed by atoms with E-state index in [1.54, 1.807) is 0 Å². The van der Waals surface area contributed by atoms with Crippen molar-refractivity contribution in [3.8, 4) is 5.75 Å². The van der Waals surface area contributed by atoms with Gasteiger partial charge in [-0.25, -0.2) is 9.48 Å². The number of nitro benzene ring substituents is 1. The molecule has 0 aliphatic heterocycles. The van der Waals surface area contributed by atoms with Crippen LogP contribution in [0.2, 0.25) is 0 Å². The molecule has 104 valence electrons. The molecule has 0 fully saturated rings. The number of nitrogens with zero attached hydrogens (tertiary/aromatic N) is 4. The first-order valence-electron chi connectivity index (χ1n) is 5.57. The third-order valence-electron chi connectivity index (χ3n) is 2.39. The van der Waals surface area contributed by atoms with E-state index in [0.29, 0.717) is 12.3 Å². The van der Waals surface area contributed by atoms with E-state index in [9.17, 15) is 14.9 Å². The van der Waals surface area contributed by atoms with Crippen molar-refractivity contribution in [3.63, 3.8) is 0 Å². The number of hydrogen-bond acceptors (Lipinski definition) is 6. The van der Waals surface area contributed by atoms with Gasteiger partial charge in [-0.1, -0.05) is 5.21 Å². The zero-order valence-corrected chi connectivity index (χ0v) is 10.2. The molecule has 0 spiro atoms. The van der Waals surface area contributed by atoms with Gasteiger partial charge in [0, 0.05) is 12.1 Å². The van der Waals surface area contributed by atoms with Crippen LogP contribution < -0.4 is 4.74 Å². The van der Waals surface area contributed by atoms with Crippen molar-refractivity contribution in [2.45, 2.75) is 6.54 Å². The number of nitro groups is 1. The first-order valence-corrected chi connectivity index (χ1v) is 5.57. The molecular weight excluding hydrogens is 268 g/mol. The van der Waals surface area contributed by atoms with Crippen LogP contribution in [0.4, 0.5) is 5.69 Å². The monoisotopic (exact) mass is 278 g/mol. The Hall–Kier alpha value is -2.97. The Morgan fingerprint density at radius 1 is 1.40 bits per heavy atom. The smallest absolute Gasteiger partial charge is 0.358 e.